The first-order valence-electron chi connectivity index (χ1n) is 11.0. The number of hydrogen-bond donors (Lipinski definition) is 3. The number of nitrogen functional groups attached to an aromatic ring is 1. The number of benzene rings is 3. The largest absolute Gasteiger partial charge is 0.454 e. The molecule has 1 amide bonds. The quantitative estimate of drug-likeness (QED) is 0.374. The Morgan fingerprint density at radius 1 is 1.03 bits per heavy atom. The van der Waals surface area contributed by atoms with E-state index in [-0.39, 0.29) is 39.8 Å². The van der Waals surface area contributed by atoms with Crippen LogP contribution < -0.4 is 15.8 Å². The summed E-state index contributed by atoms with van der Waals surface area (Å²) in [5.74, 6) is -2.52. The number of hydrogen-bond acceptors (Lipinski definition) is 5. The zero-order valence-corrected chi connectivity index (χ0v) is 20.5. The zero-order valence-electron chi connectivity index (χ0n) is 19.4. The van der Waals surface area contributed by atoms with Crippen LogP contribution in [0, 0.1) is 13.8 Å². The first kappa shape index (κ1) is 24.0. The first-order chi connectivity index (χ1) is 15.6. The zero-order chi connectivity index (χ0) is 23.7. The van der Waals surface area contributed by atoms with E-state index in [2.05, 4.69) is 5.32 Å². The Balaban J connectivity index is 0.00000274. The first-order valence-corrected chi connectivity index (χ1v) is 11.0. The van der Waals surface area contributed by atoms with Gasteiger partial charge in [-0.05, 0) is 49.6 Å². The van der Waals surface area contributed by atoms with Crippen LogP contribution in [-0.4, -0.2) is 16.8 Å². The molecular formula is C27H26FeN2O4. The Morgan fingerprint density at radius 2 is 1.71 bits per heavy atom. The molecule has 2 aliphatic rings. The monoisotopic (exact) mass is 498 g/mol. The van der Waals surface area contributed by atoms with Crippen molar-refractivity contribution < 1.29 is 36.5 Å². The Bertz CT molecular complexity index is 1330. The fourth-order valence-corrected chi connectivity index (χ4v) is 5.09. The average molecular weight is 498 g/mol. The average Bonchev–Trinajstić information content (AvgIpc) is 3.10. The van der Waals surface area contributed by atoms with Gasteiger partial charge in [-0.3, -0.25) is 9.59 Å². The summed E-state index contributed by atoms with van der Waals surface area (Å²) < 4.78 is 6.11. The fraction of sp³-hybridized carbons (Fsp3) is 0.259. The van der Waals surface area contributed by atoms with Crippen LogP contribution in [0.25, 0.3) is 0 Å². The number of rotatable bonds is 3. The summed E-state index contributed by atoms with van der Waals surface area (Å²) in [6.07, 6.45) is 0. The van der Waals surface area contributed by atoms with Crippen LogP contribution in [0.4, 0.5) is 5.69 Å². The summed E-state index contributed by atoms with van der Waals surface area (Å²) >= 11 is 0. The van der Waals surface area contributed by atoms with Crippen molar-refractivity contribution in [3.8, 4) is 5.75 Å². The number of aliphatic hydroxyl groups is 1. The van der Waals surface area contributed by atoms with Crippen molar-refractivity contribution in [2.45, 2.75) is 44.9 Å². The van der Waals surface area contributed by atoms with E-state index in [1.807, 2.05) is 45.9 Å². The van der Waals surface area contributed by atoms with Crippen LogP contribution in [0.2, 0.25) is 0 Å². The summed E-state index contributed by atoms with van der Waals surface area (Å²) in [4.78, 5) is 27.5. The molecule has 6 nitrogen and oxygen atoms in total. The molecule has 2 atom stereocenters. The van der Waals surface area contributed by atoms with Crippen molar-refractivity contribution in [1.82, 2.24) is 5.32 Å². The van der Waals surface area contributed by atoms with E-state index in [0.29, 0.717) is 16.9 Å². The minimum Gasteiger partial charge on any atom is -0.454 e. The normalized spacial score (nSPS) is 21.9. The maximum Gasteiger partial charge on any atom is 0.271 e. The van der Waals surface area contributed by atoms with Crippen LogP contribution in [0.5, 0.6) is 5.75 Å². The van der Waals surface area contributed by atoms with E-state index >= 15 is 0 Å². The second kappa shape index (κ2) is 7.98. The van der Waals surface area contributed by atoms with E-state index in [0.717, 1.165) is 16.7 Å². The molecule has 1 aliphatic carbocycles. The molecule has 3 aromatic carbocycles. The van der Waals surface area contributed by atoms with Crippen molar-refractivity contribution >= 4 is 17.4 Å². The maximum absolute atomic E-state index is 14.0. The predicted molar refractivity (Wildman–Crippen MR) is 125 cm³/mol. The van der Waals surface area contributed by atoms with Crippen molar-refractivity contribution in [3.63, 3.8) is 0 Å². The molecule has 0 fully saturated rings. The van der Waals surface area contributed by atoms with Gasteiger partial charge >= 0.3 is 0 Å². The van der Waals surface area contributed by atoms with Gasteiger partial charge in [0.2, 0.25) is 11.3 Å². The third kappa shape index (κ3) is 3.12. The molecule has 3 aromatic rings. The van der Waals surface area contributed by atoms with E-state index in [1.165, 1.54) is 0 Å². The molecular weight excluding hydrogens is 472 g/mol. The van der Waals surface area contributed by atoms with Crippen molar-refractivity contribution in [2.75, 3.05) is 5.73 Å². The van der Waals surface area contributed by atoms with Gasteiger partial charge in [0.25, 0.3) is 11.7 Å². The van der Waals surface area contributed by atoms with Gasteiger partial charge in [-0.15, -0.1) is 0 Å². The fourth-order valence-electron chi connectivity index (χ4n) is 5.09. The number of ketones is 1. The number of fused-ring (bicyclic) bond motifs is 5. The van der Waals surface area contributed by atoms with Gasteiger partial charge in [0.15, 0.2) is 0 Å². The van der Waals surface area contributed by atoms with Gasteiger partial charge in [0.05, 0.1) is 5.56 Å². The maximum atomic E-state index is 14.0. The van der Waals surface area contributed by atoms with Gasteiger partial charge < -0.3 is 20.9 Å². The molecule has 4 N–H and O–H groups in total. The molecule has 0 saturated heterocycles. The molecule has 5 rings (SSSR count). The summed E-state index contributed by atoms with van der Waals surface area (Å²) in [7, 11) is 0. The number of amides is 1. The summed E-state index contributed by atoms with van der Waals surface area (Å²) in [6.45, 7) is 7.89. The van der Waals surface area contributed by atoms with Crippen molar-refractivity contribution in [2.24, 2.45) is 0 Å². The van der Waals surface area contributed by atoms with Crippen LogP contribution in [-0.2, 0) is 28.4 Å². The second-order valence-corrected chi connectivity index (χ2v) is 9.34. The number of carbonyl (C=O) groups excluding carboxylic acids is 2. The molecule has 2 unspecified atom stereocenters. The number of aryl methyl sites for hydroxylation is 2. The Morgan fingerprint density at radius 3 is 2.35 bits per heavy atom. The summed E-state index contributed by atoms with van der Waals surface area (Å²) in [5.41, 5.74) is 8.57. The molecule has 0 radical (unpaired) electrons. The number of nitrogens with two attached hydrogens (primary N) is 1. The van der Waals surface area contributed by atoms with Gasteiger partial charge in [-0.1, -0.05) is 55.3 Å². The molecule has 0 bridgehead atoms. The molecule has 1 aliphatic heterocycles. The molecule has 0 saturated carbocycles. The number of Topliss-reactive ketones (excluding diaryl/α,β-unsaturated/α-hetero) is 1. The number of carbonyl (C=O) groups is 2. The van der Waals surface area contributed by atoms with Crippen LogP contribution in [0.1, 0.15) is 68.3 Å². The van der Waals surface area contributed by atoms with E-state index < -0.39 is 23.0 Å². The van der Waals surface area contributed by atoms with Gasteiger partial charge in [-0.2, -0.15) is 0 Å². The van der Waals surface area contributed by atoms with E-state index in [4.69, 9.17) is 10.5 Å². The number of anilines is 1. The van der Waals surface area contributed by atoms with Crippen molar-refractivity contribution in [3.05, 3.63) is 93.5 Å². The summed E-state index contributed by atoms with van der Waals surface area (Å²) in [6, 6.07) is 15.8. The molecule has 7 heteroatoms. The predicted octanol–water partition coefficient (Wildman–Crippen LogP) is 4.07. The minimum absolute atomic E-state index is 0. The third-order valence-electron chi connectivity index (χ3n) is 6.66. The Labute approximate surface area is 209 Å². The minimum atomic E-state index is -2.12. The molecule has 34 heavy (non-hydrogen) atoms. The Kier molecular flexibility index (Phi) is 5.64. The van der Waals surface area contributed by atoms with Gasteiger partial charge in [0.1, 0.15) is 5.75 Å². The van der Waals surface area contributed by atoms with Crippen molar-refractivity contribution in [1.29, 1.82) is 0 Å². The SMILES string of the molecule is Cc1cc(C)cc(C(=O)NC23C(=O)c4c(N)cccc4C2(O)Oc2cc(C(C)C)ccc23)c1.[Fe]. The smallest absolute Gasteiger partial charge is 0.271 e. The molecule has 176 valence electrons. The van der Waals surface area contributed by atoms with Crippen LogP contribution in [0.3, 0.4) is 0 Å². The van der Waals surface area contributed by atoms with Crippen LogP contribution in [0.15, 0.2) is 54.6 Å². The van der Waals surface area contributed by atoms with E-state index in [9.17, 15) is 14.7 Å². The second-order valence-electron chi connectivity index (χ2n) is 9.34. The Hall–Kier alpha value is -3.12. The molecule has 0 spiro atoms. The molecule has 1 heterocycles. The topological polar surface area (TPSA) is 102 Å². The molecule has 0 aromatic heterocycles. The van der Waals surface area contributed by atoms with Gasteiger partial charge in [0, 0.05) is 39.4 Å². The number of nitrogens with one attached hydrogen (secondary N) is 1. The summed E-state index contributed by atoms with van der Waals surface area (Å²) in [5, 5.41) is 14.8. The number of ether oxygens (including phenoxy) is 1. The third-order valence-corrected chi connectivity index (χ3v) is 6.66. The van der Waals surface area contributed by atoms with Gasteiger partial charge in [-0.25, -0.2) is 0 Å². The van der Waals surface area contributed by atoms with E-state index in [1.54, 1.807) is 36.4 Å². The van der Waals surface area contributed by atoms with Crippen LogP contribution >= 0.6 is 0 Å². The standard InChI is InChI=1S/C27H26N2O4.Fe/c1-14(2)17-8-9-19-22(13-17)33-27(32)20-6-5-7-21(28)23(20)24(30)26(19,27)29-25(31)18-11-15(3)10-16(4)12-18;/h5-14,32H,28H2,1-4H3,(H,29,31);.